The Bertz CT molecular complexity index is 413. The summed E-state index contributed by atoms with van der Waals surface area (Å²) in [5, 5.41) is 0.0272. The largest absolute Gasteiger partial charge is 0.379 e. The number of ether oxygens (including phenoxy) is 1. The van der Waals surface area contributed by atoms with Crippen LogP contribution in [0.5, 0.6) is 0 Å². The van der Waals surface area contributed by atoms with Crippen LogP contribution in [0, 0.1) is 0 Å². The van der Waals surface area contributed by atoms with E-state index in [1.807, 2.05) is 0 Å². The van der Waals surface area contributed by atoms with Crippen molar-refractivity contribution >= 4 is 23.2 Å². The summed E-state index contributed by atoms with van der Waals surface area (Å²) < 4.78 is 6.79. The van der Waals surface area contributed by atoms with Crippen molar-refractivity contribution < 1.29 is 4.74 Å². The second kappa shape index (κ2) is 4.51. The fourth-order valence-corrected chi connectivity index (χ4v) is 1.90. The maximum absolute atomic E-state index is 11.7. The minimum atomic E-state index is -0.299. The second-order valence-electron chi connectivity index (χ2n) is 3.43. The lowest BCUT2D eigenvalue weighted by Gasteiger charge is -2.23. The van der Waals surface area contributed by atoms with Crippen molar-refractivity contribution in [3.8, 4) is 0 Å². The molecule has 2 rings (SSSR count). The molecule has 0 aliphatic carbocycles. The van der Waals surface area contributed by atoms with Gasteiger partial charge in [0.15, 0.2) is 5.15 Å². The summed E-state index contributed by atoms with van der Waals surface area (Å²) in [6, 6.07) is 0.0218. The third-order valence-corrected chi connectivity index (χ3v) is 3.15. The SMILES string of the molecule is O=c1c(Cl)c(Cl)ncn1C1CCCOC1. The van der Waals surface area contributed by atoms with Gasteiger partial charge in [0.05, 0.1) is 19.0 Å². The van der Waals surface area contributed by atoms with Gasteiger partial charge in [0.2, 0.25) is 0 Å². The summed E-state index contributed by atoms with van der Waals surface area (Å²) in [6.07, 6.45) is 3.27. The topological polar surface area (TPSA) is 44.1 Å². The molecule has 15 heavy (non-hydrogen) atoms. The summed E-state index contributed by atoms with van der Waals surface area (Å²) in [5.74, 6) is 0. The molecular weight excluding hydrogens is 239 g/mol. The highest BCUT2D eigenvalue weighted by molar-refractivity contribution is 6.40. The zero-order valence-corrected chi connectivity index (χ0v) is 9.46. The van der Waals surface area contributed by atoms with Crippen molar-refractivity contribution in [3.05, 3.63) is 26.9 Å². The van der Waals surface area contributed by atoms with E-state index in [9.17, 15) is 4.79 Å². The number of hydrogen-bond acceptors (Lipinski definition) is 3. The van der Waals surface area contributed by atoms with Gasteiger partial charge in [-0.15, -0.1) is 0 Å². The van der Waals surface area contributed by atoms with Crippen molar-refractivity contribution in [3.63, 3.8) is 0 Å². The molecule has 0 saturated carbocycles. The second-order valence-corrected chi connectivity index (χ2v) is 4.17. The minimum absolute atomic E-state index is 0.0218. The van der Waals surface area contributed by atoms with E-state index in [1.54, 1.807) is 0 Å². The van der Waals surface area contributed by atoms with Crippen molar-refractivity contribution in [1.82, 2.24) is 9.55 Å². The Morgan fingerprint density at radius 2 is 2.33 bits per heavy atom. The fourth-order valence-electron chi connectivity index (χ4n) is 1.63. The molecule has 2 heterocycles. The third-order valence-electron chi connectivity index (χ3n) is 2.43. The predicted octanol–water partition coefficient (Wildman–Crippen LogP) is 1.90. The van der Waals surface area contributed by atoms with Gasteiger partial charge in [-0.1, -0.05) is 23.2 Å². The minimum Gasteiger partial charge on any atom is -0.379 e. The standard InChI is InChI=1S/C9H10Cl2N2O2/c10-7-8(11)12-5-13(9(7)14)6-2-1-3-15-4-6/h5-6H,1-4H2. The van der Waals surface area contributed by atoms with Crippen LogP contribution in [0.3, 0.4) is 0 Å². The predicted molar refractivity (Wildman–Crippen MR) is 57.6 cm³/mol. The smallest absolute Gasteiger partial charge is 0.274 e. The molecule has 4 nitrogen and oxygen atoms in total. The van der Waals surface area contributed by atoms with Crippen LogP contribution < -0.4 is 5.56 Å². The molecule has 1 unspecified atom stereocenters. The molecule has 1 aromatic heterocycles. The van der Waals surface area contributed by atoms with Gasteiger partial charge in [-0.05, 0) is 12.8 Å². The van der Waals surface area contributed by atoms with Crippen molar-refractivity contribution in [2.45, 2.75) is 18.9 Å². The Balaban J connectivity index is 2.35. The Labute approximate surface area is 96.8 Å². The van der Waals surface area contributed by atoms with E-state index in [0.29, 0.717) is 6.61 Å². The summed E-state index contributed by atoms with van der Waals surface area (Å²) >= 11 is 11.4. The van der Waals surface area contributed by atoms with Crippen LogP contribution in [-0.4, -0.2) is 22.8 Å². The molecule has 6 heteroatoms. The van der Waals surface area contributed by atoms with E-state index in [-0.39, 0.29) is 21.8 Å². The summed E-state index contributed by atoms with van der Waals surface area (Å²) in [7, 11) is 0. The lowest BCUT2D eigenvalue weighted by molar-refractivity contribution is 0.0576. The molecule has 1 aromatic rings. The van der Waals surface area contributed by atoms with Crippen molar-refractivity contribution in [2.75, 3.05) is 13.2 Å². The van der Waals surface area contributed by atoms with Gasteiger partial charge in [-0.25, -0.2) is 4.98 Å². The van der Waals surface area contributed by atoms with Crippen LogP contribution in [0.4, 0.5) is 0 Å². The molecular formula is C9H10Cl2N2O2. The molecule has 1 saturated heterocycles. The zero-order chi connectivity index (χ0) is 10.8. The molecule has 0 spiro atoms. The van der Waals surface area contributed by atoms with Gasteiger partial charge >= 0.3 is 0 Å². The maximum Gasteiger partial charge on any atom is 0.274 e. The van der Waals surface area contributed by atoms with Crippen LogP contribution in [0.1, 0.15) is 18.9 Å². The highest BCUT2D eigenvalue weighted by atomic mass is 35.5. The van der Waals surface area contributed by atoms with Gasteiger partial charge in [-0.3, -0.25) is 9.36 Å². The number of rotatable bonds is 1. The van der Waals surface area contributed by atoms with E-state index >= 15 is 0 Å². The van der Waals surface area contributed by atoms with E-state index in [2.05, 4.69) is 4.98 Å². The van der Waals surface area contributed by atoms with E-state index in [1.165, 1.54) is 10.9 Å². The first kappa shape index (κ1) is 10.9. The number of halogens is 2. The Kier molecular flexibility index (Phi) is 3.29. The van der Waals surface area contributed by atoms with E-state index < -0.39 is 0 Å². The Morgan fingerprint density at radius 1 is 1.53 bits per heavy atom. The van der Waals surface area contributed by atoms with Crippen LogP contribution in [0.15, 0.2) is 11.1 Å². The first-order chi connectivity index (χ1) is 7.20. The first-order valence-corrected chi connectivity index (χ1v) is 5.45. The molecule has 1 aliphatic rings. The van der Waals surface area contributed by atoms with E-state index in [0.717, 1.165) is 19.4 Å². The zero-order valence-electron chi connectivity index (χ0n) is 7.95. The van der Waals surface area contributed by atoms with Gasteiger partial charge < -0.3 is 4.74 Å². The molecule has 1 fully saturated rings. The lowest BCUT2D eigenvalue weighted by atomic mass is 10.1. The maximum atomic E-state index is 11.7. The van der Waals surface area contributed by atoms with Crippen LogP contribution in [0.2, 0.25) is 10.2 Å². The molecule has 1 atom stereocenters. The first-order valence-electron chi connectivity index (χ1n) is 4.70. The van der Waals surface area contributed by atoms with Gasteiger partial charge in [0, 0.05) is 6.61 Å². The van der Waals surface area contributed by atoms with Gasteiger partial charge in [0.25, 0.3) is 5.56 Å². The molecule has 0 radical (unpaired) electrons. The number of aromatic nitrogens is 2. The number of nitrogens with zero attached hydrogens (tertiary/aromatic N) is 2. The molecule has 1 aliphatic heterocycles. The molecule has 0 N–H and O–H groups in total. The summed E-state index contributed by atoms with van der Waals surface area (Å²) in [5.41, 5.74) is -0.299. The lowest BCUT2D eigenvalue weighted by Crippen LogP contribution is -2.30. The average molecular weight is 249 g/mol. The Morgan fingerprint density at radius 3 is 3.00 bits per heavy atom. The van der Waals surface area contributed by atoms with Crippen LogP contribution in [-0.2, 0) is 4.74 Å². The Hall–Kier alpha value is -0.580. The molecule has 82 valence electrons. The highest BCUT2D eigenvalue weighted by Gasteiger charge is 2.18. The van der Waals surface area contributed by atoms with E-state index in [4.69, 9.17) is 27.9 Å². The average Bonchev–Trinajstić information content (AvgIpc) is 2.27. The highest BCUT2D eigenvalue weighted by Crippen LogP contribution is 2.19. The van der Waals surface area contributed by atoms with Crippen LogP contribution >= 0.6 is 23.2 Å². The third kappa shape index (κ3) is 2.17. The monoisotopic (exact) mass is 248 g/mol. The molecule has 0 amide bonds. The normalized spacial score (nSPS) is 21.6. The van der Waals surface area contributed by atoms with Gasteiger partial charge in [-0.2, -0.15) is 0 Å². The molecule has 0 bridgehead atoms. The molecule has 0 aromatic carbocycles. The summed E-state index contributed by atoms with van der Waals surface area (Å²) in [4.78, 5) is 15.6. The number of hydrogen-bond donors (Lipinski definition) is 0. The fraction of sp³-hybridized carbons (Fsp3) is 0.556. The van der Waals surface area contributed by atoms with Gasteiger partial charge in [0.1, 0.15) is 5.02 Å². The quantitative estimate of drug-likeness (QED) is 0.714. The van der Waals surface area contributed by atoms with Crippen LogP contribution in [0.25, 0.3) is 0 Å². The van der Waals surface area contributed by atoms with Crippen molar-refractivity contribution in [2.24, 2.45) is 0 Å². The van der Waals surface area contributed by atoms with Crippen molar-refractivity contribution in [1.29, 1.82) is 0 Å². The summed E-state index contributed by atoms with van der Waals surface area (Å²) in [6.45, 7) is 1.28.